The van der Waals surface area contributed by atoms with Gasteiger partial charge >= 0.3 is 0 Å². The van der Waals surface area contributed by atoms with Gasteiger partial charge in [-0.15, -0.1) is 11.3 Å². The second kappa shape index (κ2) is 7.72. The molecule has 3 rings (SSSR count). The number of carbonyl (C=O) groups is 1. The van der Waals surface area contributed by atoms with Gasteiger partial charge in [0.05, 0.1) is 17.4 Å². The summed E-state index contributed by atoms with van der Waals surface area (Å²) >= 11 is 3.32. The van der Waals surface area contributed by atoms with Crippen LogP contribution in [-0.4, -0.2) is 20.7 Å². The molecule has 3 aromatic heterocycles. The highest BCUT2D eigenvalue weighted by Crippen LogP contribution is 2.27. The van der Waals surface area contributed by atoms with Crippen LogP contribution in [-0.2, 0) is 19.9 Å². The lowest BCUT2D eigenvalue weighted by Crippen LogP contribution is -2.31. The SMILES string of the molecule is CCc1nn(C)c(C(=O)N[C@@H](Cc2ccsc2)c2nc(C)c(C)s2)c1C. The molecule has 5 nitrogen and oxygen atoms in total. The zero-order valence-electron chi connectivity index (χ0n) is 15.8. The maximum absolute atomic E-state index is 13.0. The second-order valence-electron chi connectivity index (χ2n) is 6.45. The number of nitrogens with zero attached hydrogens (tertiary/aromatic N) is 3. The zero-order chi connectivity index (χ0) is 18.8. The number of rotatable bonds is 6. The number of nitrogens with one attached hydrogen (secondary N) is 1. The van der Waals surface area contributed by atoms with Crippen LogP contribution < -0.4 is 5.32 Å². The van der Waals surface area contributed by atoms with Gasteiger partial charge < -0.3 is 5.32 Å². The Kier molecular flexibility index (Phi) is 5.58. The van der Waals surface area contributed by atoms with Gasteiger partial charge in [0.25, 0.3) is 5.91 Å². The van der Waals surface area contributed by atoms with Gasteiger partial charge in [-0.3, -0.25) is 9.48 Å². The molecule has 0 saturated heterocycles. The fourth-order valence-electron chi connectivity index (χ4n) is 3.06. The summed E-state index contributed by atoms with van der Waals surface area (Å²) < 4.78 is 1.68. The first-order chi connectivity index (χ1) is 12.4. The van der Waals surface area contributed by atoms with Crippen molar-refractivity contribution in [3.63, 3.8) is 0 Å². The lowest BCUT2D eigenvalue weighted by molar-refractivity contribution is 0.0926. The van der Waals surface area contributed by atoms with E-state index in [2.05, 4.69) is 46.1 Å². The summed E-state index contributed by atoms with van der Waals surface area (Å²) in [6.45, 7) is 8.10. The molecule has 1 N–H and O–H groups in total. The average Bonchev–Trinajstić information content (AvgIpc) is 3.28. The molecule has 0 aromatic carbocycles. The standard InChI is InChI=1S/C19H24N4OS2/c1-6-15-11(2)17(23(5)22-15)18(24)21-16(9-14-7-8-25-10-14)19-20-12(3)13(4)26-19/h7-8,10,16H,6,9H2,1-5H3,(H,21,24)/t16-/m0/s1. The Morgan fingerprint density at radius 2 is 2.12 bits per heavy atom. The van der Waals surface area contributed by atoms with Gasteiger partial charge in [-0.1, -0.05) is 6.92 Å². The van der Waals surface area contributed by atoms with Crippen LogP contribution in [0.4, 0.5) is 0 Å². The molecule has 7 heteroatoms. The Morgan fingerprint density at radius 3 is 2.65 bits per heavy atom. The maximum atomic E-state index is 13.0. The fourth-order valence-corrected chi connectivity index (χ4v) is 4.71. The number of aromatic nitrogens is 3. The summed E-state index contributed by atoms with van der Waals surface area (Å²) in [7, 11) is 1.83. The zero-order valence-corrected chi connectivity index (χ0v) is 17.4. The third-order valence-electron chi connectivity index (χ3n) is 4.60. The highest BCUT2D eigenvalue weighted by atomic mass is 32.1. The van der Waals surface area contributed by atoms with Crippen LogP contribution in [0.25, 0.3) is 0 Å². The van der Waals surface area contributed by atoms with E-state index in [0.29, 0.717) is 5.69 Å². The molecule has 3 aromatic rings. The molecule has 138 valence electrons. The largest absolute Gasteiger partial charge is 0.341 e. The molecule has 0 unspecified atom stereocenters. The molecule has 0 fully saturated rings. The Hall–Kier alpha value is -1.99. The maximum Gasteiger partial charge on any atom is 0.270 e. The molecule has 0 aliphatic heterocycles. The van der Waals surface area contributed by atoms with Gasteiger partial charge in [-0.2, -0.15) is 16.4 Å². The van der Waals surface area contributed by atoms with Crippen molar-refractivity contribution in [3.05, 3.63) is 54.9 Å². The molecule has 0 aliphatic rings. The molecule has 1 atom stereocenters. The molecular formula is C19H24N4OS2. The van der Waals surface area contributed by atoms with E-state index in [1.165, 1.54) is 10.4 Å². The van der Waals surface area contributed by atoms with E-state index in [0.717, 1.165) is 34.8 Å². The van der Waals surface area contributed by atoms with Crippen LogP contribution in [0.1, 0.15) is 55.9 Å². The van der Waals surface area contributed by atoms with Crippen molar-refractivity contribution in [1.82, 2.24) is 20.1 Å². The number of thiazole rings is 1. The summed E-state index contributed by atoms with van der Waals surface area (Å²) in [4.78, 5) is 18.9. The fraction of sp³-hybridized carbons (Fsp3) is 0.421. The topological polar surface area (TPSA) is 59.8 Å². The van der Waals surface area contributed by atoms with Crippen molar-refractivity contribution >= 4 is 28.6 Å². The Morgan fingerprint density at radius 1 is 1.35 bits per heavy atom. The molecular weight excluding hydrogens is 364 g/mol. The van der Waals surface area contributed by atoms with Crippen LogP contribution in [0.3, 0.4) is 0 Å². The molecule has 0 bridgehead atoms. The number of amides is 1. The minimum atomic E-state index is -0.145. The quantitative estimate of drug-likeness (QED) is 0.690. The van der Waals surface area contributed by atoms with Crippen LogP contribution in [0.15, 0.2) is 16.8 Å². The van der Waals surface area contributed by atoms with E-state index < -0.39 is 0 Å². The molecule has 0 radical (unpaired) electrons. The first kappa shape index (κ1) is 18.8. The van der Waals surface area contributed by atoms with Crippen molar-refractivity contribution < 1.29 is 4.79 Å². The molecule has 1 amide bonds. The average molecular weight is 389 g/mol. The second-order valence-corrected chi connectivity index (χ2v) is 8.47. The molecule has 26 heavy (non-hydrogen) atoms. The number of aryl methyl sites for hydroxylation is 4. The van der Waals surface area contributed by atoms with Crippen LogP contribution >= 0.6 is 22.7 Å². The smallest absolute Gasteiger partial charge is 0.270 e. The van der Waals surface area contributed by atoms with E-state index in [-0.39, 0.29) is 11.9 Å². The Bertz CT molecular complexity index is 889. The van der Waals surface area contributed by atoms with Crippen LogP contribution in [0.5, 0.6) is 0 Å². The van der Waals surface area contributed by atoms with Crippen molar-refractivity contribution in [1.29, 1.82) is 0 Å². The molecule has 0 saturated carbocycles. The predicted molar refractivity (Wildman–Crippen MR) is 107 cm³/mol. The number of carbonyl (C=O) groups excluding carboxylic acids is 1. The molecule has 0 spiro atoms. The van der Waals surface area contributed by atoms with Crippen molar-refractivity contribution in [2.24, 2.45) is 7.05 Å². The Labute approximate surface area is 162 Å². The normalized spacial score (nSPS) is 12.3. The van der Waals surface area contributed by atoms with Gasteiger partial charge in [0.2, 0.25) is 0 Å². The summed E-state index contributed by atoms with van der Waals surface area (Å²) in [5, 5.41) is 12.8. The minimum absolute atomic E-state index is 0.0945. The molecule has 3 heterocycles. The lowest BCUT2D eigenvalue weighted by atomic mass is 10.1. The number of hydrogen-bond acceptors (Lipinski definition) is 5. The van der Waals surface area contributed by atoms with Gasteiger partial charge in [-0.05, 0) is 49.6 Å². The first-order valence-corrected chi connectivity index (χ1v) is 10.4. The van der Waals surface area contributed by atoms with E-state index in [1.54, 1.807) is 27.4 Å². The highest BCUT2D eigenvalue weighted by molar-refractivity contribution is 7.11. The van der Waals surface area contributed by atoms with Crippen LogP contribution in [0.2, 0.25) is 0 Å². The Balaban J connectivity index is 1.90. The summed E-state index contributed by atoms with van der Waals surface area (Å²) in [5.41, 5.74) is 4.78. The number of thiophene rings is 1. The van der Waals surface area contributed by atoms with Gasteiger partial charge in [0.15, 0.2) is 0 Å². The van der Waals surface area contributed by atoms with E-state index in [9.17, 15) is 4.79 Å². The lowest BCUT2D eigenvalue weighted by Gasteiger charge is -2.16. The van der Waals surface area contributed by atoms with Gasteiger partial charge in [0.1, 0.15) is 10.7 Å². The van der Waals surface area contributed by atoms with Crippen LogP contribution in [0, 0.1) is 20.8 Å². The third-order valence-corrected chi connectivity index (χ3v) is 6.52. The van der Waals surface area contributed by atoms with E-state index >= 15 is 0 Å². The highest BCUT2D eigenvalue weighted by Gasteiger charge is 2.24. The monoisotopic (exact) mass is 388 g/mol. The van der Waals surface area contributed by atoms with Gasteiger partial charge in [-0.25, -0.2) is 4.98 Å². The van der Waals surface area contributed by atoms with Crippen molar-refractivity contribution in [2.45, 2.75) is 46.6 Å². The summed E-state index contributed by atoms with van der Waals surface area (Å²) in [5.74, 6) is -0.0945. The predicted octanol–water partition coefficient (Wildman–Crippen LogP) is 4.14. The van der Waals surface area contributed by atoms with E-state index in [4.69, 9.17) is 0 Å². The minimum Gasteiger partial charge on any atom is -0.341 e. The van der Waals surface area contributed by atoms with Gasteiger partial charge in [0, 0.05) is 23.9 Å². The third kappa shape index (κ3) is 3.73. The van der Waals surface area contributed by atoms with E-state index in [1.807, 2.05) is 20.9 Å². The molecule has 0 aliphatic carbocycles. The summed E-state index contributed by atoms with van der Waals surface area (Å²) in [6, 6.07) is 1.95. The first-order valence-electron chi connectivity index (χ1n) is 8.69. The van der Waals surface area contributed by atoms with Crippen molar-refractivity contribution in [2.75, 3.05) is 0 Å². The summed E-state index contributed by atoms with van der Waals surface area (Å²) in [6.07, 6.45) is 1.55. The number of hydrogen-bond donors (Lipinski definition) is 1. The van der Waals surface area contributed by atoms with Crippen molar-refractivity contribution in [3.8, 4) is 0 Å².